The Morgan fingerprint density at radius 3 is 2.70 bits per heavy atom. The number of allylic oxidation sites excluding steroid dienone is 3. The van der Waals surface area contributed by atoms with Crippen LogP contribution in [0.4, 0.5) is 0 Å². The molecule has 10 heavy (non-hydrogen) atoms. The van der Waals surface area contributed by atoms with E-state index in [0.717, 1.165) is 12.3 Å². The quantitative estimate of drug-likeness (QED) is 0.510. The molecule has 0 aromatic heterocycles. The van der Waals surface area contributed by atoms with Gasteiger partial charge in [-0.15, -0.1) is 6.58 Å². The zero-order valence-corrected chi connectivity index (χ0v) is 7.14. The third-order valence-electron chi connectivity index (χ3n) is 1.64. The first-order chi connectivity index (χ1) is 4.81. The third-order valence-corrected chi connectivity index (χ3v) is 1.64. The summed E-state index contributed by atoms with van der Waals surface area (Å²) in [4.78, 5) is 0. The Balaban J connectivity index is 3.24. The van der Waals surface area contributed by atoms with E-state index in [1.54, 1.807) is 0 Å². The van der Waals surface area contributed by atoms with Gasteiger partial charge >= 0.3 is 0 Å². The van der Waals surface area contributed by atoms with Crippen molar-refractivity contribution in [2.24, 2.45) is 5.92 Å². The Hall–Kier alpha value is -0.520. The van der Waals surface area contributed by atoms with Crippen molar-refractivity contribution in [1.29, 1.82) is 0 Å². The van der Waals surface area contributed by atoms with Crippen LogP contribution in [-0.2, 0) is 0 Å². The average Bonchev–Trinajstić information content (AvgIpc) is 1.97. The van der Waals surface area contributed by atoms with E-state index in [4.69, 9.17) is 0 Å². The highest BCUT2D eigenvalue weighted by Crippen LogP contribution is 2.10. The van der Waals surface area contributed by atoms with Gasteiger partial charge in [0.25, 0.3) is 0 Å². The van der Waals surface area contributed by atoms with Gasteiger partial charge in [0.15, 0.2) is 0 Å². The van der Waals surface area contributed by atoms with Crippen LogP contribution in [0.5, 0.6) is 0 Å². The van der Waals surface area contributed by atoms with Crippen LogP contribution in [0.15, 0.2) is 24.8 Å². The maximum atomic E-state index is 3.69. The lowest BCUT2D eigenvalue weighted by molar-refractivity contribution is 0.546. The van der Waals surface area contributed by atoms with Crippen molar-refractivity contribution >= 4 is 0 Å². The molecule has 0 aromatic carbocycles. The smallest absolute Gasteiger partial charge is 0.0325 e. The molecule has 0 saturated carbocycles. The number of hydrogen-bond acceptors (Lipinski definition) is 0. The summed E-state index contributed by atoms with van der Waals surface area (Å²) in [6, 6.07) is 0. The van der Waals surface area contributed by atoms with E-state index in [2.05, 4.69) is 32.6 Å². The summed E-state index contributed by atoms with van der Waals surface area (Å²) in [5.74, 6) is 0.814. The number of hydrogen-bond donors (Lipinski definition) is 0. The second-order valence-corrected chi connectivity index (χ2v) is 2.78. The van der Waals surface area contributed by atoms with Crippen LogP contribution in [0.1, 0.15) is 33.1 Å². The molecule has 0 rings (SSSR count). The third kappa shape index (κ3) is 5.61. The summed E-state index contributed by atoms with van der Waals surface area (Å²) >= 11 is 0. The normalized spacial score (nSPS) is 13.8. The minimum Gasteiger partial charge on any atom is -0.103 e. The first-order valence-corrected chi connectivity index (χ1v) is 4.03. The highest BCUT2D eigenvalue weighted by Gasteiger charge is 1.95. The highest BCUT2D eigenvalue weighted by molar-refractivity contribution is 4.80. The fourth-order valence-electron chi connectivity index (χ4n) is 0.889. The van der Waals surface area contributed by atoms with Gasteiger partial charge in [0.05, 0.1) is 0 Å². The summed E-state index contributed by atoms with van der Waals surface area (Å²) in [5.41, 5.74) is 0. The molecule has 0 aliphatic carbocycles. The molecule has 0 spiro atoms. The Labute approximate surface area is 64.6 Å². The summed E-state index contributed by atoms with van der Waals surface area (Å²) in [7, 11) is 0. The van der Waals surface area contributed by atoms with Crippen molar-refractivity contribution in [3.05, 3.63) is 24.8 Å². The molecule has 0 amide bonds. The van der Waals surface area contributed by atoms with Gasteiger partial charge in [0.2, 0.25) is 0 Å². The molecule has 0 fully saturated rings. The minimum absolute atomic E-state index is 0.814. The Bertz CT molecular complexity index is 101. The van der Waals surface area contributed by atoms with Gasteiger partial charge in [0.1, 0.15) is 0 Å². The van der Waals surface area contributed by atoms with Crippen LogP contribution in [-0.4, -0.2) is 0 Å². The lowest BCUT2D eigenvalue weighted by Gasteiger charge is -2.04. The van der Waals surface area contributed by atoms with Crippen molar-refractivity contribution < 1.29 is 0 Å². The summed E-state index contributed by atoms with van der Waals surface area (Å²) < 4.78 is 0. The molecule has 0 bridgehead atoms. The van der Waals surface area contributed by atoms with E-state index >= 15 is 0 Å². The van der Waals surface area contributed by atoms with E-state index in [1.165, 1.54) is 12.8 Å². The molecular formula is C10H18. The van der Waals surface area contributed by atoms with Crippen molar-refractivity contribution in [1.82, 2.24) is 0 Å². The monoisotopic (exact) mass is 138 g/mol. The molecule has 0 heteroatoms. The van der Waals surface area contributed by atoms with Crippen LogP contribution < -0.4 is 0 Å². The predicted octanol–water partition coefficient (Wildman–Crippen LogP) is 3.55. The molecule has 0 heterocycles. The molecule has 1 atom stereocenters. The zero-order chi connectivity index (χ0) is 7.82. The maximum absolute atomic E-state index is 3.69. The lowest BCUT2D eigenvalue weighted by Crippen LogP contribution is -1.90. The first kappa shape index (κ1) is 9.48. The standard InChI is InChI=1S/C10H18/c1-4-6-8-10(3)9-7-5-2/h4-5,7,10H,1,6,8-9H2,2-3H3. The first-order valence-electron chi connectivity index (χ1n) is 4.03. The van der Waals surface area contributed by atoms with E-state index in [1.807, 2.05) is 6.08 Å². The largest absolute Gasteiger partial charge is 0.103 e. The molecule has 0 aliphatic rings. The molecule has 0 nitrogen and oxygen atoms in total. The van der Waals surface area contributed by atoms with Crippen molar-refractivity contribution in [2.45, 2.75) is 33.1 Å². The molecule has 58 valence electrons. The van der Waals surface area contributed by atoms with Gasteiger partial charge in [-0.3, -0.25) is 0 Å². The van der Waals surface area contributed by atoms with Gasteiger partial charge < -0.3 is 0 Å². The van der Waals surface area contributed by atoms with E-state index in [9.17, 15) is 0 Å². The van der Waals surface area contributed by atoms with Crippen molar-refractivity contribution in [3.8, 4) is 0 Å². The Morgan fingerprint density at radius 1 is 1.50 bits per heavy atom. The average molecular weight is 138 g/mol. The van der Waals surface area contributed by atoms with Gasteiger partial charge in [-0.1, -0.05) is 25.2 Å². The van der Waals surface area contributed by atoms with Gasteiger partial charge in [0, 0.05) is 0 Å². The van der Waals surface area contributed by atoms with E-state index in [0.29, 0.717) is 0 Å². The van der Waals surface area contributed by atoms with E-state index in [-0.39, 0.29) is 0 Å². The SMILES string of the molecule is C=CCCC(C)CC=CC. The highest BCUT2D eigenvalue weighted by atomic mass is 14.0. The van der Waals surface area contributed by atoms with Crippen LogP contribution in [0.25, 0.3) is 0 Å². The molecular weight excluding hydrogens is 120 g/mol. The van der Waals surface area contributed by atoms with Crippen LogP contribution in [0.2, 0.25) is 0 Å². The lowest BCUT2D eigenvalue weighted by atomic mass is 10.0. The molecule has 0 radical (unpaired) electrons. The van der Waals surface area contributed by atoms with Crippen LogP contribution >= 0.6 is 0 Å². The van der Waals surface area contributed by atoms with Gasteiger partial charge in [-0.2, -0.15) is 0 Å². The van der Waals surface area contributed by atoms with Gasteiger partial charge in [-0.25, -0.2) is 0 Å². The zero-order valence-electron chi connectivity index (χ0n) is 7.14. The molecule has 0 saturated heterocycles. The molecule has 0 N–H and O–H groups in total. The van der Waals surface area contributed by atoms with E-state index < -0.39 is 0 Å². The van der Waals surface area contributed by atoms with Crippen molar-refractivity contribution in [2.75, 3.05) is 0 Å². The van der Waals surface area contributed by atoms with Crippen LogP contribution in [0.3, 0.4) is 0 Å². The maximum Gasteiger partial charge on any atom is -0.0325 e. The summed E-state index contributed by atoms with van der Waals surface area (Å²) in [6.07, 6.45) is 9.97. The number of rotatable bonds is 5. The fraction of sp³-hybridized carbons (Fsp3) is 0.600. The summed E-state index contributed by atoms with van der Waals surface area (Å²) in [6.45, 7) is 8.05. The predicted molar refractivity (Wildman–Crippen MR) is 48.0 cm³/mol. The van der Waals surface area contributed by atoms with Crippen LogP contribution in [0, 0.1) is 5.92 Å². The fourth-order valence-corrected chi connectivity index (χ4v) is 0.889. The van der Waals surface area contributed by atoms with Gasteiger partial charge in [-0.05, 0) is 32.1 Å². The van der Waals surface area contributed by atoms with Crippen molar-refractivity contribution in [3.63, 3.8) is 0 Å². The second kappa shape index (κ2) is 6.60. The molecule has 0 aromatic rings. The Kier molecular flexibility index (Phi) is 6.25. The topological polar surface area (TPSA) is 0 Å². The molecule has 0 aliphatic heterocycles. The Morgan fingerprint density at radius 2 is 2.20 bits per heavy atom. The molecule has 1 unspecified atom stereocenters. The second-order valence-electron chi connectivity index (χ2n) is 2.78. The minimum atomic E-state index is 0.814. The summed E-state index contributed by atoms with van der Waals surface area (Å²) in [5, 5.41) is 0.